The molecule has 1 aromatic carbocycles. The van der Waals surface area contributed by atoms with E-state index in [-0.39, 0.29) is 5.91 Å². The van der Waals surface area contributed by atoms with E-state index in [0.29, 0.717) is 13.0 Å². The molecular formula is C13H14N2OS. The fourth-order valence-corrected chi connectivity index (χ4v) is 2.13. The number of nitrogens with zero attached hydrogens (tertiary/aromatic N) is 1. The number of hydrogen-bond acceptors (Lipinski definition) is 3. The lowest BCUT2D eigenvalue weighted by Gasteiger charge is -2.03. The zero-order chi connectivity index (χ0) is 11.9. The van der Waals surface area contributed by atoms with E-state index in [9.17, 15) is 4.79 Å². The summed E-state index contributed by atoms with van der Waals surface area (Å²) in [4.78, 5) is 16.8. The van der Waals surface area contributed by atoms with Crippen LogP contribution in [-0.2, 0) is 17.6 Å². The molecule has 0 aliphatic rings. The minimum absolute atomic E-state index is 0.0701. The summed E-state index contributed by atoms with van der Waals surface area (Å²) in [6.45, 7) is 0.674. The fraction of sp³-hybridized carbons (Fsp3) is 0.231. The second-order valence-corrected chi connectivity index (χ2v) is 4.70. The van der Waals surface area contributed by atoms with Gasteiger partial charge in [0.1, 0.15) is 0 Å². The summed E-state index contributed by atoms with van der Waals surface area (Å²) < 4.78 is 0. The minimum atomic E-state index is 0.0701. The number of hydrogen-bond donors (Lipinski definition) is 1. The lowest BCUT2D eigenvalue weighted by Crippen LogP contribution is -2.27. The highest BCUT2D eigenvalue weighted by atomic mass is 32.1. The van der Waals surface area contributed by atoms with Gasteiger partial charge in [0, 0.05) is 24.0 Å². The third-order valence-corrected chi connectivity index (χ3v) is 3.22. The Morgan fingerprint density at radius 2 is 2.12 bits per heavy atom. The molecule has 0 saturated heterocycles. The smallest absolute Gasteiger partial charge is 0.224 e. The van der Waals surface area contributed by atoms with Crippen LogP contribution in [0.3, 0.4) is 0 Å². The molecule has 3 nitrogen and oxygen atoms in total. The van der Waals surface area contributed by atoms with Crippen LogP contribution >= 0.6 is 11.3 Å². The van der Waals surface area contributed by atoms with Crippen LogP contribution in [0.25, 0.3) is 0 Å². The van der Waals surface area contributed by atoms with Crippen molar-refractivity contribution in [2.45, 2.75) is 12.8 Å². The van der Waals surface area contributed by atoms with Gasteiger partial charge in [-0.15, -0.1) is 11.3 Å². The normalized spacial score (nSPS) is 10.1. The molecule has 1 N–H and O–H groups in total. The van der Waals surface area contributed by atoms with Crippen molar-refractivity contribution in [3.05, 3.63) is 52.5 Å². The Kier molecular flexibility index (Phi) is 4.27. The van der Waals surface area contributed by atoms with Crippen molar-refractivity contribution >= 4 is 17.2 Å². The molecule has 17 heavy (non-hydrogen) atoms. The van der Waals surface area contributed by atoms with E-state index in [1.54, 1.807) is 16.8 Å². The van der Waals surface area contributed by atoms with E-state index in [1.165, 1.54) is 4.88 Å². The summed E-state index contributed by atoms with van der Waals surface area (Å²) in [5.41, 5.74) is 2.85. The van der Waals surface area contributed by atoms with Crippen LogP contribution in [0.2, 0.25) is 0 Å². The van der Waals surface area contributed by atoms with E-state index in [0.717, 1.165) is 12.0 Å². The largest absolute Gasteiger partial charge is 0.355 e. The number of amides is 1. The Labute approximate surface area is 105 Å². The highest BCUT2D eigenvalue weighted by Gasteiger charge is 2.02. The summed E-state index contributed by atoms with van der Waals surface area (Å²) in [7, 11) is 0. The summed E-state index contributed by atoms with van der Waals surface area (Å²) in [6.07, 6.45) is 3.14. The van der Waals surface area contributed by atoms with Crippen molar-refractivity contribution in [2.75, 3.05) is 6.54 Å². The quantitative estimate of drug-likeness (QED) is 0.877. The minimum Gasteiger partial charge on any atom is -0.355 e. The maximum absolute atomic E-state index is 11.6. The van der Waals surface area contributed by atoms with Crippen molar-refractivity contribution in [1.82, 2.24) is 10.3 Å². The summed E-state index contributed by atoms with van der Waals surface area (Å²) in [5, 5.41) is 2.91. The van der Waals surface area contributed by atoms with Gasteiger partial charge in [-0.3, -0.25) is 9.78 Å². The van der Waals surface area contributed by atoms with E-state index in [2.05, 4.69) is 10.3 Å². The van der Waals surface area contributed by atoms with Crippen LogP contribution in [0.4, 0.5) is 0 Å². The van der Waals surface area contributed by atoms with E-state index in [1.807, 2.05) is 36.5 Å². The first-order chi connectivity index (χ1) is 8.34. The predicted molar refractivity (Wildman–Crippen MR) is 69.0 cm³/mol. The Morgan fingerprint density at radius 3 is 2.82 bits per heavy atom. The van der Waals surface area contributed by atoms with Crippen LogP contribution in [-0.4, -0.2) is 17.4 Å². The molecule has 0 bridgehead atoms. The molecule has 0 unspecified atom stereocenters. The fourth-order valence-electron chi connectivity index (χ4n) is 1.53. The molecule has 1 heterocycles. The number of carbonyl (C=O) groups is 1. The van der Waals surface area contributed by atoms with E-state index in [4.69, 9.17) is 0 Å². The van der Waals surface area contributed by atoms with Crippen molar-refractivity contribution in [1.29, 1.82) is 0 Å². The van der Waals surface area contributed by atoms with Crippen LogP contribution in [0, 0.1) is 0 Å². The number of carbonyl (C=O) groups excluding carboxylic acids is 1. The Morgan fingerprint density at radius 1 is 1.29 bits per heavy atom. The van der Waals surface area contributed by atoms with Gasteiger partial charge in [0.2, 0.25) is 5.91 Å². The van der Waals surface area contributed by atoms with Crippen molar-refractivity contribution in [3.8, 4) is 0 Å². The number of aromatic nitrogens is 1. The van der Waals surface area contributed by atoms with Gasteiger partial charge in [-0.25, -0.2) is 0 Å². The van der Waals surface area contributed by atoms with Crippen LogP contribution in [0.1, 0.15) is 10.4 Å². The highest BCUT2D eigenvalue weighted by molar-refractivity contribution is 7.09. The van der Waals surface area contributed by atoms with Crippen LogP contribution < -0.4 is 5.32 Å². The molecule has 0 fully saturated rings. The molecular weight excluding hydrogens is 232 g/mol. The molecule has 0 aliphatic heterocycles. The molecule has 0 radical (unpaired) electrons. The molecule has 88 valence electrons. The zero-order valence-corrected chi connectivity index (χ0v) is 10.2. The lowest BCUT2D eigenvalue weighted by molar-refractivity contribution is -0.120. The molecule has 0 spiro atoms. The molecule has 0 aliphatic carbocycles. The number of thiazole rings is 1. The summed E-state index contributed by atoms with van der Waals surface area (Å²) >= 11 is 1.62. The van der Waals surface area contributed by atoms with E-state index >= 15 is 0 Å². The molecule has 2 aromatic rings. The van der Waals surface area contributed by atoms with Gasteiger partial charge in [-0.1, -0.05) is 30.3 Å². The standard InChI is InChI=1S/C13H14N2OS/c16-13(8-11-4-2-1-3-5-11)15-7-6-12-9-14-10-17-12/h1-5,9-10H,6-8H2,(H,15,16). The molecule has 0 atom stereocenters. The van der Waals surface area contributed by atoms with Gasteiger partial charge < -0.3 is 5.32 Å². The number of nitrogens with one attached hydrogen (secondary N) is 1. The summed E-state index contributed by atoms with van der Waals surface area (Å²) in [6, 6.07) is 9.76. The zero-order valence-electron chi connectivity index (χ0n) is 9.43. The van der Waals surface area contributed by atoms with Gasteiger partial charge in [0.05, 0.1) is 11.9 Å². The first-order valence-corrected chi connectivity index (χ1v) is 6.40. The van der Waals surface area contributed by atoms with Gasteiger partial charge in [-0.2, -0.15) is 0 Å². The second-order valence-electron chi connectivity index (χ2n) is 3.73. The molecule has 1 aromatic heterocycles. The van der Waals surface area contributed by atoms with Crippen molar-refractivity contribution < 1.29 is 4.79 Å². The van der Waals surface area contributed by atoms with Gasteiger partial charge in [0.15, 0.2) is 0 Å². The number of rotatable bonds is 5. The second kappa shape index (κ2) is 6.15. The Hall–Kier alpha value is -1.68. The third-order valence-electron chi connectivity index (χ3n) is 2.38. The SMILES string of the molecule is O=C(Cc1ccccc1)NCCc1cncs1. The number of benzene rings is 1. The Balaban J connectivity index is 1.71. The van der Waals surface area contributed by atoms with Crippen molar-refractivity contribution in [2.24, 2.45) is 0 Å². The molecule has 1 amide bonds. The Bertz CT molecular complexity index is 454. The van der Waals surface area contributed by atoms with Crippen LogP contribution in [0.5, 0.6) is 0 Å². The molecule has 2 rings (SSSR count). The maximum Gasteiger partial charge on any atom is 0.224 e. The first-order valence-electron chi connectivity index (χ1n) is 5.52. The first kappa shape index (κ1) is 11.8. The lowest BCUT2D eigenvalue weighted by atomic mass is 10.1. The van der Waals surface area contributed by atoms with Gasteiger partial charge >= 0.3 is 0 Å². The average Bonchev–Trinajstić information content (AvgIpc) is 2.83. The van der Waals surface area contributed by atoms with Gasteiger partial charge in [-0.05, 0) is 5.56 Å². The van der Waals surface area contributed by atoms with Crippen LogP contribution in [0.15, 0.2) is 42.0 Å². The van der Waals surface area contributed by atoms with Gasteiger partial charge in [0.25, 0.3) is 0 Å². The maximum atomic E-state index is 11.6. The highest BCUT2D eigenvalue weighted by Crippen LogP contribution is 2.05. The predicted octanol–water partition coefficient (Wildman–Crippen LogP) is 2.04. The monoisotopic (exact) mass is 246 g/mol. The van der Waals surface area contributed by atoms with E-state index < -0.39 is 0 Å². The van der Waals surface area contributed by atoms with Crippen molar-refractivity contribution in [3.63, 3.8) is 0 Å². The molecule has 0 saturated carbocycles. The topological polar surface area (TPSA) is 42.0 Å². The third kappa shape index (κ3) is 4.00. The summed E-state index contributed by atoms with van der Waals surface area (Å²) in [5.74, 6) is 0.0701. The average molecular weight is 246 g/mol. The molecule has 4 heteroatoms.